The normalized spacial score (nSPS) is 11.4. The third kappa shape index (κ3) is 6.70. The molecule has 2 rings (SSSR count). The predicted octanol–water partition coefficient (Wildman–Crippen LogP) is 2.82. The van der Waals surface area contributed by atoms with Crippen LogP contribution < -0.4 is 15.5 Å². The van der Waals surface area contributed by atoms with E-state index in [-0.39, 0.29) is 5.82 Å². The van der Waals surface area contributed by atoms with Gasteiger partial charge in [-0.05, 0) is 31.5 Å². The van der Waals surface area contributed by atoms with Crippen LogP contribution in [0, 0.1) is 12.7 Å². The van der Waals surface area contributed by atoms with Crippen LogP contribution in [0.25, 0.3) is 0 Å². The second-order valence-corrected chi connectivity index (χ2v) is 7.11. The second kappa shape index (κ2) is 9.98. The Morgan fingerprint density at radius 1 is 1.32 bits per heavy atom. The summed E-state index contributed by atoms with van der Waals surface area (Å²) in [5.41, 5.74) is 0.890. The van der Waals surface area contributed by atoms with E-state index in [1.807, 2.05) is 24.2 Å². The van der Waals surface area contributed by atoms with E-state index < -0.39 is 0 Å². The largest absolute Gasteiger partial charge is 0.374 e. The van der Waals surface area contributed by atoms with Gasteiger partial charge >= 0.3 is 0 Å². The zero-order valence-corrected chi connectivity index (χ0v) is 15.9. The number of guanidine groups is 1. The summed E-state index contributed by atoms with van der Waals surface area (Å²) in [7, 11) is 3.74. The van der Waals surface area contributed by atoms with Crippen molar-refractivity contribution in [3.05, 3.63) is 46.2 Å². The molecule has 0 fully saturated rings. The van der Waals surface area contributed by atoms with Gasteiger partial charge in [-0.15, -0.1) is 11.3 Å². The maximum atomic E-state index is 13.2. The monoisotopic (exact) mass is 363 g/mol. The standard InChI is InChI=1S/C18H26FN5S/c1-14-13-23-17(25-14)8-10-22-18(20-2)21-9-5-11-24(3)16-7-4-6-15(19)12-16/h4,6-7,12-13H,5,8-11H2,1-3H3,(H2,20,21,22). The first-order valence-electron chi connectivity index (χ1n) is 8.41. The number of aryl methyl sites for hydroxylation is 1. The van der Waals surface area contributed by atoms with Crippen LogP contribution >= 0.6 is 11.3 Å². The summed E-state index contributed by atoms with van der Waals surface area (Å²) < 4.78 is 13.2. The molecule has 0 aliphatic carbocycles. The molecule has 1 aromatic carbocycles. The van der Waals surface area contributed by atoms with Crippen LogP contribution in [-0.2, 0) is 6.42 Å². The highest BCUT2D eigenvalue weighted by Gasteiger charge is 2.03. The minimum absolute atomic E-state index is 0.206. The van der Waals surface area contributed by atoms with Gasteiger partial charge in [0.25, 0.3) is 0 Å². The molecule has 136 valence electrons. The summed E-state index contributed by atoms with van der Waals surface area (Å²) in [6.07, 6.45) is 3.73. The lowest BCUT2D eigenvalue weighted by Crippen LogP contribution is -2.39. The third-order valence-corrected chi connectivity index (χ3v) is 4.71. The van der Waals surface area contributed by atoms with Gasteiger partial charge in [0.15, 0.2) is 5.96 Å². The fourth-order valence-corrected chi connectivity index (χ4v) is 3.18. The summed E-state index contributed by atoms with van der Waals surface area (Å²) in [4.78, 5) is 11.9. The molecule has 0 radical (unpaired) electrons. The summed E-state index contributed by atoms with van der Waals surface area (Å²) in [6.45, 7) is 4.51. The highest BCUT2D eigenvalue weighted by atomic mass is 32.1. The smallest absolute Gasteiger partial charge is 0.190 e. The maximum Gasteiger partial charge on any atom is 0.190 e. The summed E-state index contributed by atoms with van der Waals surface area (Å²) in [6, 6.07) is 6.66. The number of nitrogens with one attached hydrogen (secondary N) is 2. The molecule has 0 atom stereocenters. The first-order valence-corrected chi connectivity index (χ1v) is 9.22. The fraction of sp³-hybridized carbons (Fsp3) is 0.444. The maximum absolute atomic E-state index is 13.2. The molecule has 0 unspecified atom stereocenters. The number of thiazole rings is 1. The van der Waals surface area contributed by atoms with Crippen LogP contribution in [0.1, 0.15) is 16.3 Å². The summed E-state index contributed by atoms with van der Waals surface area (Å²) in [5.74, 6) is 0.587. The van der Waals surface area contributed by atoms with Gasteiger partial charge in [-0.25, -0.2) is 9.37 Å². The van der Waals surface area contributed by atoms with Crippen molar-refractivity contribution in [1.82, 2.24) is 15.6 Å². The first-order chi connectivity index (χ1) is 12.1. The number of aromatic nitrogens is 1. The van der Waals surface area contributed by atoms with Gasteiger partial charge in [-0.3, -0.25) is 4.99 Å². The van der Waals surface area contributed by atoms with Crippen LogP contribution in [-0.4, -0.2) is 44.7 Å². The molecule has 0 amide bonds. The van der Waals surface area contributed by atoms with Crippen LogP contribution in [0.5, 0.6) is 0 Å². The molecule has 2 aromatic rings. The Labute approximate surface area is 153 Å². The molecular formula is C18H26FN5S. The molecule has 0 saturated carbocycles. The molecule has 1 heterocycles. The lowest BCUT2D eigenvalue weighted by atomic mass is 10.2. The topological polar surface area (TPSA) is 52.6 Å². The van der Waals surface area contributed by atoms with Gasteiger partial charge in [0.1, 0.15) is 5.82 Å². The Bertz CT molecular complexity index is 686. The zero-order valence-electron chi connectivity index (χ0n) is 15.1. The summed E-state index contributed by atoms with van der Waals surface area (Å²) >= 11 is 1.73. The quantitative estimate of drug-likeness (QED) is 0.430. The van der Waals surface area contributed by atoms with E-state index in [1.54, 1.807) is 30.5 Å². The Morgan fingerprint density at radius 2 is 2.12 bits per heavy atom. The zero-order chi connectivity index (χ0) is 18.1. The van der Waals surface area contributed by atoms with Crippen LogP contribution in [0.3, 0.4) is 0 Å². The molecule has 0 aliphatic heterocycles. The van der Waals surface area contributed by atoms with Gasteiger partial charge in [-0.2, -0.15) is 0 Å². The van der Waals surface area contributed by atoms with Gasteiger partial charge in [0.05, 0.1) is 5.01 Å². The van der Waals surface area contributed by atoms with E-state index in [4.69, 9.17) is 0 Å². The fourth-order valence-electron chi connectivity index (χ4n) is 2.39. The second-order valence-electron chi connectivity index (χ2n) is 5.80. The minimum atomic E-state index is -0.206. The average molecular weight is 364 g/mol. The van der Waals surface area contributed by atoms with Gasteiger partial charge in [0, 0.05) is 56.9 Å². The SMILES string of the molecule is CN=C(NCCCN(C)c1cccc(F)c1)NCCc1ncc(C)s1. The minimum Gasteiger partial charge on any atom is -0.374 e. The molecule has 0 saturated heterocycles. The number of benzene rings is 1. The molecular weight excluding hydrogens is 337 g/mol. The number of nitrogens with zero attached hydrogens (tertiary/aromatic N) is 3. The van der Waals surface area contributed by atoms with E-state index in [2.05, 4.69) is 27.5 Å². The first kappa shape index (κ1) is 19.2. The summed E-state index contributed by atoms with van der Waals surface area (Å²) in [5, 5.41) is 7.73. The van der Waals surface area contributed by atoms with Gasteiger partial charge < -0.3 is 15.5 Å². The Balaban J connectivity index is 1.63. The van der Waals surface area contributed by atoms with Crippen molar-refractivity contribution in [2.24, 2.45) is 4.99 Å². The van der Waals surface area contributed by atoms with Gasteiger partial charge in [-0.1, -0.05) is 6.07 Å². The molecule has 25 heavy (non-hydrogen) atoms. The van der Waals surface area contributed by atoms with Crippen molar-refractivity contribution in [2.75, 3.05) is 38.6 Å². The number of hydrogen-bond donors (Lipinski definition) is 2. The Hall–Kier alpha value is -2.15. The third-order valence-electron chi connectivity index (χ3n) is 3.74. The molecule has 2 N–H and O–H groups in total. The number of halogens is 1. The lowest BCUT2D eigenvalue weighted by Gasteiger charge is -2.19. The van der Waals surface area contributed by atoms with E-state index in [0.29, 0.717) is 0 Å². The van der Waals surface area contributed by atoms with Crippen molar-refractivity contribution in [3.63, 3.8) is 0 Å². The van der Waals surface area contributed by atoms with Crippen molar-refractivity contribution < 1.29 is 4.39 Å². The Morgan fingerprint density at radius 3 is 2.80 bits per heavy atom. The lowest BCUT2D eigenvalue weighted by molar-refractivity contribution is 0.626. The number of anilines is 1. The predicted molar refractivity (Wildman–Crippen MR) is 104 cm³/mol. The Kier molecular flexibility index (Phi) is 7.66. The van der Waals surface area contributed by atoms with E-state index in [1.165, 1.54) is 10.9 Å². The number of hydrogen-bond acceptors (Lipinski definition) is 4. The van der Waals surface area contributed by atoms with Crippen molar-refractivity contribution >= 4 is 23.0 Å². The highest BCUT2D eigenvalue weighted by Crippen LogP contribution is 2.13. The molecule has 7 heteroatoms. The van der Waals surface area contributed by atoms with Crippen LogP contribution in [0.4, 0.5) is 10.1 Å². The van der Waals surface area contributed by atoms with Crippen molar-refractivity contribution in [3.8, 4) is 0 Å². The molecule has 0 spiro atoms. The molecule has 0 aliphatic rings. The number of aliphatic imine (C=N–C) groups is 1. The molecule has 0 bridgehead atoms. The average Bonchev–Trinajstić information content (AvgIpc) is 3.02. The van der Waals surface area contributed by atoms with Crippen LogP contribution in [0.15, 0.2) is 35.5 Å². The number of rotatable bonds is 8. The van der Waals surface area contributed by atoms with E-state index in [9.17, 15) is 4.39 Å². The molecule has 1 aromatic heterocycles. The highest BCUT2D eigenvalue weighted by molar-refractivity contribution is 7.11. The van der Waals surface area contributed by atoms with Gasteiger partial charge in [0.2, 0.25) is 0 Å². The van der Waals surface area contributed by atoms with Crippen molar-refractivity contribution in [1.29, 1.82) is 0 Å². The molecule has 5 nitrogen and oxygen atoms in total. The van der Waals surface area contributed by atoms with Crippen molar-refractivity contribution in [2.45, 2.75) is 19.8 Å². The van der Waals surface area contributed by atoms with E-state index >= 15 is 0 Å². The van der Waals surface area contributed by atoms with Crippen LogP contribution in [0.2, 0.25) is 0 Å². The van der Waals surface area contributed by atoms with E-state index in [0.717, 1.165) is 49.1 Å².